The van der Waals surface area contributed by atoms with E-state index < -0.39 is 0 Å². The average molecular weight is 359 g/mol. The van der Waals surface area contributed by atoms with E-state index >= 15 is 0 Å². The summed E-state index contributed by atoms with van der Waals surface area (Å²) in [5.41, 5.74) is 7.83. The Morgan fingerprint density at radius 3 is 1.41 bits per heavy atom. The van der Waals surface area contributed by atoms with Gasteiger partial charge in [0.25, 0.3) is 0 Å². The van der Waals surface area contributed by atoms with Crippen LogP contribution in [0.25, 0.3) is 0 Å². The van der Waals surface area contributed by atoms with Crippen molar-refractivity contribution in [3.8, 4) is 0 Å². The van der Waals surface area contributed by atoms with Gasteiger partial charge in [-0.05, 0) is 42.5 Å². The summed E-state index contributed by atoms with van der Waals surface area (Å²) in [7, 11) is 0. The summed E-state index contributed by atoms with van der Waals surface area (Å²) in [5.74, 6) is 0. The molecule has 0 amide bonds. The monoisotopic (exact) mass is 358 g/mol. The summed E-state index contributed by atoms with van der Waals surface area (Å²) in [4.78, 5) is 0. The highest BCUT2D eigenvalue weighted by molar-refractivity contribution is 5.26. The predicted octanol–water partition coefficient (Wildman–Crippen LogP) is 5.44. The Bertz CT molecular complexity index is 768. The predicted molar refractivity (Wildman–Crippen MR) is 115 cm³/mol. The second-order valence-corrected chi connectivity index (χ2v) is 7.26. The molecule has 0 saturated heterocycles. The molecule has 3 aromatic carbocycles. The molecule has 3 aromatic rings. The first-order valence-corrected chi connectivity index (χ1v) is 9.81. The smallest absolute Gasteiger partial charge is 0.0840 e. The molecule has 2 N–H and O–H groups in total. The van der Waals surface area contributed by atoms with Gasteiger partial charge in [-0.3, -0.25) is 10.6 Å². The second-order valence-electron chi connectivity index (χ2n) is 7.26. The molecule has 0 fully saturated rings. The van der Waals surface area contributed by atoms with Gasteiger partial charge in [-0.25, -0.2) is 0 Å². The van der Waals surface area contributed by atoms with E-state index in [1.165, 1.54) is 33.4 Å². The minimum absolute atomic E-state index is 0.110. The van der Waals surface area contributed by atoms with Crippen molar-refractivity contribution in [1.82, 2.24) is 10.6 Å². The van der Waals surface area contributed by atoms with Crippen LogP contribution in [0.3, 0.4) is 0 Å². The highest BCUT2D eigenvalue weighted by Gasteiger charge is 2.11. The van der Waals surface area contributed by atoms with Crippen LogP contribution in [0, 0.1) is 13.8 Å². The normalized spacial score (nSPS) is 11.1. The molecule has 0 bridgehead atoms. The van der Waals surface area contributed by atoms with Crippen molar-refractivity contribution in [2.24, 2.45) is 0 Å². The molecule has 0 aliphatic rings. The van der Waals surface area contributed by atoms with E-state index in [4.69, 9.17) is 0 Å². The molecule has 2 heteroatoms. The summed E-state index contributed by atoms with van der Waals surface area (Å²) in [6.45, 7) is 8.11. The average Bonchev–Trinajstić information content (AvgIpc) is 2.71. The number of hydrogen-bond acceptors (Lipinski definition) is 2. The Morgan fingerprint density at radius 2 is 1.00 bits per heavy atom. The summed E-state index contributed by atoms with van der Waals surface area (Å²) in [6.07, 6.45) is 1.18. The molecule has 27 heavy (non-hydrogen) atoms. The largest absolute Gasteiger partial charge is 0.294 e. The molecule has 0 unspecified atom stereocenters. The van der Waals surface area contributed by atoms with E-state index in [0.717, 1.165) is 19.5 Å². The van der Waals surface area contributed by atoms with Crippen molar-refractivity contribution in [3.63, 3.8) is 0 Å². The van der Waals surface area contributed by atoms with Crippen LogP contribution in [0.2, 0.25) is 0 Å². The van der Waals surface area contributed by atoms with Crippen LogP contribution in [-0.2, 0) is 19.5 Å². The number of hydrogen-bond donors (Lipinski definition) is 2. The minimum atomic E-state index is 0.110. The van der Waals surface area contributed by atoms with Crippen molar-refractivity contribution in [1.29, 1.82) is 0 Å². The Labute approximate surface area is 163 Å². The maximum absolute atomic E-state index is 3.68. The molecule has 0 aliphatic carbocycles. The lowest BCUT2D eigenvalue weighted by Crippen LogP contribution is -2.33. The van der Waals surface area contributed by atoms with Crippen LogP contribution in [0.15, 0.2) is 72.8 Å². The lowest BCUT2D eigenvalue weighted by molar-refractivity contribution is 0.436. The molecular weight excluding hydrogens is 328 g/mol. The lowest BCUT2D eigenvalue weighted by Gasteiger charge is -2.22. The van der Waals surface area contributed by atoms with Crippen molar-refractivity contribution >= 4 is 0 Å². The van der Waals surface area contributed by atoms with Gasteiger partial charge >= 0.3 is 0 Å². The van der Waals surface area contributed by atoms with Gasteiger partial charge < -0.3 is 0 Å². The Kier molecular flexibility index (Phi) is 6.80. The van der Waals surface area contributed by atoms with Gasteiger partial charge in [-0.1, -0.05) is 90.8 Å². The van der Waals surface area contributed by atoms with E-state index in [0.29, 0.717) is 0 Å². The minimum Gasteiger partial charge on any atom is -0.294 e. The highest BCUT2D eigenvalue weighted by atomic mass is 15.1. The molecule has 3 rings (SSSR count). The van der Waals surface area contributed by atoms with Crippen molar-refractivity contribution in [3.05, 3.63) is 106 Å². The van der Waals surface area contributed by atoms with E-state index in [1.807, 2.05) is 0 Å². The number of rotatable bonds is 8. The zero-order chi connectivity index (χ0) is 19.1. The summed E-state index contributed by atoms with van der Waals surface area (Å²) in [6, 6.07) is 26.4. The standard InChI is InChI=1S/C25H30N2/c1-4-21-13-15-24(16-14-21)25(26-17-22-9-5-19(2)6-10-22)27-18-23-11-7-20(3)8-12-23/h5-16,25-27H,4,17-18H2,1-3H3. The second kappa shape index (κ2) is 9.50. The maximum atomic E-state index is 3.68. The molecule has 0 spiro atoms. The first kappa shape index (κ1) is 19.3. The SMILES string of the molecule is CCc1ccc(C(NCc2ccc(C)cc2)NCc2ccc(C)cc2)cc1. The molecule has 2 nitrogen and oxygen atoms in total. The third kappa shape index (κ3) is 5.78. The zero-order valence-electron chi connectivity index (χ0n) is 16.6. The first-order valence-electron chi connectivity index (χ1n) is 9.81. The third-order valence-electron chi connectivity index (χ3n) is 4.98. The van der Waals surface area contributed by atoms with E-state index in [1.54, 1.807) is 0 Å². The zero-order valence-corrected chi connectivity index (χ0v) is 16.6. The Morgan fingerprint density at radius 1 is 0.593 bits per heavy atom. The van der Waals surface area contributed by atoms with Gasteiger partial charge in [0.2, 0.25) is 0 Å². The Hall–Kier alpha value is -2.42. The first-order chi connectivity index (χ1) is 13.1. The number of nitrogens with one attached hydrogen (secondary N) is 2. The van der Waals surface area contributed by atoms with Crippen molar-refractivity contribution in [2.75, 3.05) is 0 Å². The van der Waals surface area contributed by atoms with Crippen LogP contribution >= 0.6 is 0 Å². The topological polar surface area (TPSA) is 24.1 Å². The van der Waals surface area contributed by atoms with E-state index in [2.05, 4.69) is 104 Å². The molecule has 0 aliphatic heterocycles. The maximum Gasteiger partial charge on any atom is 0.0840 e. The van der Waals surface area contributed by atoms with Gasteiger partial charge in [0.15, 0.2) is 0 Å². The number of aryl methyl sites for hydroxylation is 3. The van der Waals surface area contributed by atoms with Gasteiger partial charge in [-0.2, -0.15) is 0 Å². The van der Waals surface area contributed by atoms with Crippen LogP contribution in [0.5, 0.6) is 0 Å². The van der Waals surface area contributed by atoms with Crippen LogP contribution < -0.4 is 10.6 Å². The summed E-state index contributed by atoms with van der Waals surface area (Å²) in [5, 5.41) is 7.36. The molecule has 0 aromatic heterocycles. The van der Waals surface area contributed by atoms with E-state index in [9.17, 15) is 0 Å². The van der Waals surface area contributed by atoms with Gasteiger partial charge in [0.05, 0.1) is 6.17 Å². The lowest BCUT2D eigenvalue weighted by atomic mass is 10.1. The highest BCUT2D eigenvalue weighted by Crippen LogP contribution is 2.15. The third-order valence-corrected chi connectivity index (χ3v) is 4.98. The van der Waals surface area contributed by atoms with Crippen LogP contribution in [0.1, 0.15) is 46.5 Å². The van der Waals surface area contributed by atoms with Gasteiger partial charge in [0, 0.05) is 13.1 Å². The molecule has 0 heterocycles. The Balaban J connectivity index is 1.70. The van der Waals surface area contributed by atoms with Crippen molar-refractivity contribution < 1.29 is 0 Å². The fourth-order valence-electron chi connectivity index (χ4n) is 3.11. The molecule has 0 radical (unpaired) electrons. The fraction of sp³-hybridized carbons (Fsp3) is 0.280. The van der Waals surface area contributed by atoms with Gasteiger partial charge in [-0.15, -0.1) is 0 Å². The number of benzene rings is 3. The summed E-state index contributed by atoms with van der Waals surface area (Å²) >= 11 is 0. The van der Waals surface area contributed by atoms with Crippen LogP contribution in [0.4, 0.5) is 0 Å². The quantitative estimate of drug-likeness (QED) is 0.524. The summed E-state index contributed by atoms with van der Waals surface area (Å²) < 4.78 is 0. The molecule has 140 valence electrons. The molecule has 0 saturated carbocycles. The van der Waals surface area contributed by atoms with Crippen molar-refractivity contribution in [2.45, 2.75) is 46.4 Å². The fourth-order valence-corrected chi connectivity index (χ4v) is 3.11. The molecule has 0 atom stereocenters. The van der Waals surface area contributed by atoms with E-state index in [-0.39, 0.29) is 6.17 Å². The van der Waals surface area contributed by atoms with Gasteiger partial charge in [0.1, 0.15) is 0 Å². The van der Waals surface area contributed by atoms with Crippen LogP contribution in [-0.4, -0.2) is 0 Å². The molecular formula is C25H30N2.